The monoisotopic (exact) mass is 286 g/mol. The minimum atomic E-state index is -0.499. The Morgan fingerprint density at radius 1 is 1.38 bits per heavy atom. The molecular weight excluding hydrogens is 268 g/mol. The maximum atomic E-state index is 12.2. The van der Waals surface area contributed by atoms with E-state index in [1.165, 1.54) is 0 Å². The lowest BCUT2D eigenvalue weighted by Crippen LogP contribution is -2.44. The molecule has 4 N–H and O–H groups in total. The SMILES string of the molecule is CCCC(NC(=O)c1ccc2ccccc2n1)/C(N)=N/O. The number of nitrogens with zero attached hydrogens (tertiary/aromatic N) is 2. The first kappa shape index (κ1) is 14.8. The molecule has 6 heteroatoms. The van der Waals surface area contributed by atoms with Crippen LogP contribution in [0.3, 0.4) is 0 Å². The molecule has 0 saturated heterocycles. The molecule has 1 amide bonds. The van der Waals surface area contributed by atoms with Gasteiger partial charge in [0.1, 0.15) is 5.69 Å². The third-order valence-corrected chi connectivity index (χ3v) is 3.19. The van der Waals surface area contributed by atoms with Gasteiger partial charge in [-0.05, 0) is 18.6 Å². The van der Waals surface area contributed by atoms with E-state index in [9.17, 15) is 4.79 Å². The molecule has 6 nitrogen and oxygen atoms in total. The van der Waals surface area contributed by atoms with Crippen molar-refractivity contribution in [3.63, 3.8) is 0 Å². The number of pyridine rings is 1. The second-order valence-electron chi connectivity index (χ2n) is 4.73. The summed E-state index contributed by atoms with van der Waals surface area (Å²) in [4.78, 5) is 16.5. The quantitative estimate of drug-likeness (QED) is 0.338. The molecule has 0 saturated carbocycles. The number of carbonyl (C=O) groups excluding carboxylic acids is 1. The van der Waals surface area contributed by atoms with Crippen LogP contribution in [0.2, 0.25) is 0 Å². The second kappa shape index (κ2) is 6.69. The Morgan fingerprint density at radius 3 is 2.86 bits per heavy atom. The average molecular weight is 286 g/mol. The van der Waals surface area contributed by atoms with Gasteiger partial charge in [0.05, 0.1) is 11.6 Å². The molecule has 2 rings (SSSR count). The average Bonchev–Trinajstić information content (AvgIpc) is 2.53. The third-order valence-electron chi connectivity index (χ3n) is 3.19. The van der Waals surface area contributed by atoms with Gasteiger partial charge in [-0.3, -0.25) is 4.79 Å². The van der Waals surface area contributed by atoms with E-state index in [4.69, 9.17) is 10.9 Å². The maximum absolute atomic E-state index is 12.2. The van der Waals surface area contributed by atoms with Crippen LogP contribution >= 0.6 is 0 Å². The van der Waals surface area contributed by atoms with Crippen molar-refractivity contribution in [2.75, 3.05) is 0 Å². The topological polar surface area (TPSA) is 101 Å². The number of carbonyl (C=O) groups is 1. The fourth-order valence-electron chi connectivity index (χ4n) is 2.08. The number of amides is 1. The molecule has 0 aliphatic rings. The lowest BCUT2D eigenvalue weighted by atomic mass is 10.1. The molecule has 21 heavy (non-hydrogen) atoms. The van der Waals surface area contributed by atoms with Gasteiger partial charge >= 0.3 is 0 Å². The van der Waals surface area contributed by atoms with Gasteiger partial charge in [0.15, 0.2) is 5.84 Å². The van der Waals surface area contributed by atoms with Crippen LogP contribution in [0.4, 0.5) is 0 Å². The molecule has 0 spiro atoms. The van der Waals surface area contributed by atoms with E-state index in [2.05, 4.69) is 15.5 Å². The fraction of sp³-hybridized carbons (Fsp3) is 0.267. The van der Waals surface area contributed by atoms with Gasteiger partial charge in [-0.2, -0.15) is 0 Å². The summed E-state index contributed by atoms with van der Waals surface area (Å²) in [5.41, 5.74) is 6.64. The van der Waals surface area contributed by atoms with Gasteiger partial charge in [-0.15, -0.1) is 0 Å². The number of nitrogens with two attached hydrogens (primary N) is 1. The predicted molar refractivity (Wildman–Crippen MR) is 81.3 cm³/mol. The molecule has 0 fully saturated rings. The molecule has 1 unspecified atom stereocenters. The number of hydrogen-bond acceptors (Lipinski definition) is 4. The smallest absolute Gasteiger partial charge is 0.270 e. The van der Waals surface area contributed by atoms with Crippen LogP contribution in [0.1, 0.15) is 30.3 Å². The van der Waals surface area contributed by atoms with Crippen LogP contribution in [0.15, 0.2) is 41.6 Å². The summed E-state index contributed by atoms with van der Waals surface area (Å²) in [6.45, 7) is 1.96. The minimum Gasteiger partial charge on any atom is -0.409 e. The first-order valence-corrected chi connectivity index (χ1v) is 6.79. The summed E-state index contributed by atoms with van der Waals surface area (Å²) in [6.07, 6.45) is 1.39. The van der Waals surface area contributed by atoms with Crippen LogP contribution < -0.4 is 11.1 Å². The van der Waals surface area contributed by atoms with Gasteiger partial charge in [-0.1, -0.05) is 42.8 Å². The Balaban J connectivity index is 2.20. The summed E-state index contributed by atoms with van der Waals surface area (Å²) in [7, 11) is 0. The van der Waals surface area contributed by atoms with E-state index < -0.39 is 6.04 Å². The van der Waals surface area contributed by atoms with Crippen molar-refractivity contribution in [2.24, 2.45) is 10.9 Å². The first-order valence-electron chi connectivity index (χ1n) is 6.79. The van der Waals surface area contributed by atoms with Crippen molar-refractivity contribution in [3.05, 3.63) is 42.1 Å². The van der Waals surface area contributed by atoms with Gasteiger partial charge in [0.2, 0.25) is 0 Å². The number of nitrogens with one attached hydrogen (secondary N) is 1. The van der Waals surface area contributed by atoms with Crippen LogP contribution in [-0.4, -0.2) is 28.0 Å². The Kier molecular flexibility index (Phi) is 4.71. The number of hydrogen-bond donors (Lipinski definition) is 3. The largest absolute Gasteiger partial charge is 0.409 e. The highest BCUT2D eigenvalue weighted by Crippen LogP contribution is 2.12. The summed E-state index contributed by atoms with van der Waals surface area (Å²) in [5, 5.41) is 15.4. The third kappa shape index (κ3) is 3.47. The van der Waals surface area contributed by atoms with E-state index >= 15 is 0 Å². The van der Waals surface area contributed by atoms with Crippen molar-refractivity contribution in [1.82, 2.24) is 10.3 Å². The van der Waals surface area contributed by atoms with E-state index in [1.807, 2.05) is 37.3 Å². The summed E-state index contributed by atoms with van der Waals surface area (Å²) >= 11 is 0. The molecule has 1 aromatic carbocycles. The number of rotatable bonds is 5. The Hall–Kier alpha value is -2.63. The minimum absolute atomic E-state index is 0.00834. The first-order chi connectivity index (χ1) is 10.2. The van der Waals surface area contributed by atoms with E-state index in [0.29, 0.717) is 12.1 Å². The molecule has 1 aromatic heterocycles. The van der Waals surface area contributed by atoms with Crippen LogP contribution in [0, 0.1) is 0 Å². The van der Waals surface area contributed by atoms with Crippen molar-refractivity contribution in [3.8, 4) is 0 Å². The van der Waals surface area contributed by atoms with Gasteiger partial charge in [0.25, 0.3) is 5.91 Å². The number of fused-ring (bicyclic) bond motifs is 1. The molecule has 1 heterocycles. The molecule has 0 aliphatic carbocycles. The lowest BCUT2D eigenvalue weighted by molar-refractivity contribution is 0.0940. The highest BCUT2D eigenvalue weighted by Gasteiger charge is 2.18. The van der Waals surface area contributed by atoms with Gasteiger partial charge in [0, 0.05) is 5.39 Å². The molecule has 110 valence electrons. The fourth-order valence-corrected chi connectivity index (χ4v) is 2.08. The van der Waals surface area contributed by atoms with Crippen LogP contribution in [0.5, 0.6) is 0 Å². The van der Waals surface area contributed by atoms with Gasteiger partial charge < -0.3 is 16.3 Å². The van der Waals surface area contributed by atoms with Gasteiger partial charge in [-0.25, -0.2) is 4.98 Å². The summed E-state index contributed by atoms with van der Waals surface area (Å²) in [6, 6.07) is 10.6. The van der Waals surface area contributed by atoms with Crippen LogP contribution in [-0.2, 0) is 0 Å². The van der Waals surface area contributed by atoms with E-state index in [-0.39, 0.29) is 11.7 Å². The van der Waals surface area contributed by atoms with Crippen molar-refractivity contribution < 1.29 is 10.0 Å². The number of aromatic nitrogens is 1. The number of benzene rings is 1. The number of amidine groups is 1. The zero-order valence-corrected chi connectivity index (χ0v) is 11.8. The van der Waals surface area contributed by atoms with E-state index in [1.54, 1.807) is 6.07 Å². The maximum Gasteiger partial charge on any atom is 0.270 e. The number of para-hydroxylation sites is 1. The molecule has 0 radical (unpaired) electrons. The lowest BCUT2D eigenvalue weighted by Gasteiger charge is -2.16. The summed E-state index contributed by atoms with van der Waals surface area (Å²) < 4.78 is 0. The highest BCUT2D eigenvalue weighted by molar-refractivity contribution is 5.98. The molecular formula is C15H18N4O2. The number of oxime groups is 1. The van der Waals surface area contributed by atoms with Crippen molar-refractivity contribution >= 4 is 22.6 Å². The van der Waals surface area contributed by atoms with Crippen LogP contribution in [0.25, 0.3) is 10.9 Å². The van der Waals surface area contributed by atoms with Crippen molar-refractivity contribution in [2.45, 2.75) is 25.8 Å². The molecule has 1 atom stereocenters. The van der Waals surface area contributed by atoms with E-state index in [0.717, 1.165) is 17.3 Å². The standard InChI is InChI=1S/C15H18N4O2/c1-2-5-12(14(16)19-21)18-15(20)13-9-8-10-6-3-4-7-11(10)17-13/h3-4,6-9,12,21H,2,5H2,1H3,(H2,16,19)(H,18,20). The zero-order valence-electron chi connectivity index (χ0n) is 11.8. The highest BCUT2D eigenvalue weighted by atomic mass is 16.4. The Labute approximate surface area is 122 Å². The Morgan fingerprint density at radius 2 is 2.14 bits per heavy atom. The molecule has 0 bridgehead atoms. The normalized spacial score (nSPS) is 13.1. The summed E-state index contributed by atoms with van der Waals surface area (Å²) in [5.74, 6) is -0.350. The molecule has 0 aliphatic heterocycles. The zero-order chi connectivity index (χ0) is 15.2. The Bertz CT molecular complexity index is 670. The van der Waals surface area contributed by atoms with Crippen molar-refractivity contribution in [1.29, 1.82) is 0 Å². The second-order valence-corrected chi connectivity index (χ2v) is 4.73. The molecule has 2 aromatic rings. The predicted octanol–water partition coefficient (Wildman–Crippen LogP) is 1.88.